The third-order valence-electron chi connectivity index (χ3n) is 12.1. The average molecular weight is 1050 g/mol. The Bertz CT molecular complexity index is 3590. The van der Waals surface area contributed by atoms with Crippen LogP contribution in [0.4, 0.5) is 0 Å². The summed E-state index contributed by atoms with van der Waals surface area (Å²) in [4.78, 5) is 10.2. The van der Waals surface area contributed by atoms with Crippen molar-refractivity contribution in [1.82, 2.24) is 14.5 Å². The van der Waals surface area contributed by atoms with Gasteiger partial charge < -0.3 is 5.11 Å². The number of fused-ring (bicyclic) bond motifs is 1. The molecule has 4 nitrogen and oxygen atoms in total. The molecule has 9 aromatic rings. The smallest absolute Gasteiger partial charge is 0.148 e. The zero-order valence-electron chi connectivity index (χ0n) is 48.1. The fourth-order valence-corrected chi connectivity index (χ4v) is 8.90. The Morgan fingerprint density at radius 1 is 0.636 bits per heavy atom. The number of para-hydroxylation sites is 1. The molecule has 0 aliphatic rings. The van der Waals surface area contributed by atoms with Gasteiger partial charge in [0.2, 0.25) is 0 Å². The Hall–Kier alpha value is -6.35. The van der Waals surface area contributed by atoms with Gasteiger partial charge in [-0.1, -0.05) is 181 Å². The van der Waals surface area contributed by atoms with Crippen LogP contribution in [0, 0.1) is 19.9 Å². The molecule has 2 heterocycles. The molecule has 0 saturated heterocycles. The first-order valence-electron chi connectivity index (χ1n) is 26.9. The Balaban J connectivity index is 0.00000765. The number of nitrogens with zero attached hydrogens (tertiary/aromatic N) is 3. The summed E-state index contributed by atoms with van der Waals surface area (Å²) in [7, 11) is 0. The van der Waals surface area contributed by atoms with Gasteiger partial charge in [0.25, 0.3) is 0 Å². The molecular formula is C61H58N3OPt-. The van der Waals surface area contributed by atoms with Crippen LogP contribution in [0.5, 0.6) is 5.75 Å². The second-order valence-electron chi connectivity index (χ2n) is 18.3. The average Bonchev–Trinajstić information content (AvgIpc) is 3.76. The van der Waals surface area contributed by atoms with Crippen LogP contribution in [0.1, 0.15) is 103 Å². The normalized spacial score (nSPS) is 14.8. The van der Waals surface area contributed by atoms with Gasteiger partial charge in [-0.15, -0.1) is 23.8 Å². The molecule has 0 fully saturated rings. The number of phenols is 1. The Morgan fingerprint density at radius 2 is 1.33 bits per heavy atom. The van der Waals surface area contributed by atoms with Crippen LogP contribution in [-0.2, 0) is 31.9 Å². The zero-order valence-corrected chi connectivity index (χ0v) is 40.4. The molecule has 5 heteroatoms. The van der Waals surface area contributed by atoms with Crippen LogP contribution in [-0.4, -0.2) is 19.6 Å². The second kappa shape index (κ2) is 18.1. The molecule has 0 aliphatic heterocycles. The van der Waals surface area contributed by atoms with Crippen LogP contribution in [0.15, 0.2) is 158 Å². The molecule has 0 bridgehead atoms. The van der Waals surface area contributed by atoms with Crippen molar-refractivity contribution in [3.8, 4) is 78.6 Å². The van der Waals surface area contributed by atoms with E-state index in [0.717, 1.165) is 50.1 Å². The number of imidazole rings is 1. The summed E-state index contributed by atoms with van der Waals surface area (Å²) < 4.78 is 85.5. The van der Waals surface area contributed by atoms with Crippen molar-refractivity contribution >= 4 is 11.0 Å². The van der Waals surface area contributed by atoms with Crippen LogP contribution in [0.3, 0.4) is 0 Å². The van der Waals surface area contributed by atoms with Crippen LogP contribution in [0.2, 0.25) is 0 Å². The van der Waals surface area contributed by atoms with E-state index in [0.29, 0.717) is 50.4 Å². The number of hydrogen-bond acceptors (Lipinski definition) is 3. The number of aromatic nitrogens is 3. The quantitative estimate of drug-likeness (QED) is 0.154. The molecule has 0 spiro atoms. The summed E-state index contributed by atoms with van der Waals surface area (Å²) in [6, 6.07) is 51.5. The molecule has 0 atom stereocenters. The van der Waals surface area contributed by atoms with Gasteiger partial charge >= 0.3 is 0 Å². The van der Waals surface area contributed by atoms with Crippen molar-refractivity contribution in [3.05, 3.63) is 192 Å². The minimum atomic E-state index is -3.38. The predicted octanol–water partition coefficient (Wildman–Crippen LogP) is 16.3. The van der Waals surface area contributed by atoms with E-state index in [-0.39, 0.29) is 37.8 Å². The van der Waals surface area contributed by atoms with Crippen molar-refractivity contribution in [2.45, 2.75) is 85.7 Å². The fraction of sp³-hybridized carbons (Fsp3) is 0.213. The van der Waals surface area contributed by atoms with Gasteiger partial charge in [-0.3, -0.25) is 9.55 Å². The molecule has 0 amide bonds. The first-order valence-corrected chi connectivity index (χ1v) is 21.9. The predicted molar refractivity (Wildman–Crippen MR) is 273 cm³/mol. The summed E-state index contributed by atoms with van der Waals surface area (Å²) in [5.41, 5.74) is 10.6. The number of rotatable bonds is 8. The number of aromatic hydroxyl groups is 1. The van der Waals surface area contributed by atoms with Gasteiger partial charge in [-0.2, -0.15) is 0 Å². The molecule has 0 saturated carbocycles. The van der Waals surface area contributed by atoms with Crippen LogP contribution < -0.4 is 0 Å². The summed E-state index contributed by atoms with van der Waals surface area (Å²) in [6.07, 6.45) is 1.64. The minimum Gasteiger partial charge on any atom is -0.507 e. The SMILES string of the molecule is [2H]C(C)(C)c1cc(-n2c(-c3cc(C)cc(C)c3O)nc3c(-c4[c-]c(-c5cc(-c6ccc(C(C([2H])([2H])[2H])(C([2H])([2H])[2H])C([2H])([2H])[2H])cc6)ccn5)cc(-c5ccccc5)c4)cccc32)ccc1-c1ccccc1C(C)(C)C.[Pt]. The largest absolute Gasteiger partial charge is 0.507 e. The molecule has 0 radical (unpaired) electrons. The maximum Gasteiger partial charge on any atom is 0.148 e. The van der Waals surface area contributed by atoms with E-state index in [2.05, 4.69) is 73.9 Å². The molecule has 7 aromatic carbocycles. The van der Waals surface area contributed by atoms with E-state index in [9.17, 15) is 6.48 Å². The molecule has 66 heavy (non-hydrogen) atoms. The first kappa shape index (κ1) is 34.9. The van der Waals surface area contributed by atoms with Gasteiger partial charge in [0.15, 0.2) is 0 Å². The molecule has 0 unspecified atom stereocenters. The van der Waals surface area contributed by atoms with Crippen LogP contribution in [0.25, 0.3) is 83.9 Å². The molecule has 1 N–H and O–H groups in total. The molecular weight excluding hydrogens is 986 g/mol. The van der Waals surface area contributed by atoms with E-state index < -0.39 is 31.9 Å². The molecule has 9 rings (SSSR count). The molecule has 0 aliphatic carbocycles. The van der Waals surface area contributed by atoms with Crippen molar-refractivity contribution in [3.63, 3.8) is 0 Å². The second-order valence-corrected chi connectivity index (χ2v) is 18.3. The fourth-order valence-electron chi connectivity index (χ4n) is 8.90. The number of benzene rings is 7. The maximum absolute atomic E-state index is 11.9. The van der Waals surface area contributed by atoms with E-state index in [1.54, 1.807) is 12.3 Å². The van der Waals surface area contributed by atoms with Gasteiger partial charge in [-0.05, 0) is 117 Å². The van der Waals surface area contributed by atoms with Gasteiger partial charge in [-0.25, -0.2) is 4.98 Å². The summed E-state index contributed by atoms with van der Waals surface area (Å²) in [5.74, 6) is -0.377. The third kappa shape index (κ3) is 8.97. The zero-order chi connectivity index (χ0) is 54.2. The number of aryl methyl sites for hydroxylation is 2. The Labute approximate surface area is 419 Å². The number of pyridine rings is 1. The van der Waals surface area contributed by atoms with Crippen molar-refractivity contribution in [2.24, 2.45) is 0 Å². The van der Waals surface area contributed by atoms with Gasteiger partial charge in [0.1, 0.15) is 11.6 Å². The number of hydrogen-bond donors (Lipinski definition) is 1. The van der Waals surface area contributed by atoms with E-state index in [1.165, 1.54) is 29.8 Å². The van der Waals surface area contributed by atoms with Gasteiger partial charge in [0, 0.05) is 52.4 Å². The van der Waals surface area contributed by atoms with Crippen molar-refractivity contribution < 1.29 is 39.9 Å². The maximum atomic E-state index is 11.9. The monoisotopic (exact) mass is 1050 g/mol. The van der Waals surface area contributed by atoms with E-state index in [4.69, 9.17) is 22.3 Å². The summed E-state index contributed by atoms with van der Waals surface area (Å²) in [5, 5.41) is 11.9. The standard InChI is InChI=1S/C61H58N3O.Pt/c1-38(2)52-37-48(27-28-50(52)51-19-14-15-21-54(51)61(8,9)10)64-56-22-16-20-49(57(56)63-59(64)53-32-39(3)31-40(4)58(53)65)45-33-44(41-17-12-11-13-18-41)34-46(35-45)55-36-43(29-30-62-55)42-23-25-47(26-24-42)60(5,6)7;/h11-34,36-38,65H,1-10H3;/q-1;/i5D3,6D3,7D3,38D;. The van der Waals surface area contributed by atoms with E-state index >= 15 is 0 Å². The van der Waals surface area contributed by atoms with Crippen molar-refractivity contribution in [1.29, 1.82) is 0 Å². The minimum absolute atomic E-state index is 0. The van der Waals surface area contributed by atoms with E-state index in [1.807, 2.05) is 107 Å². The topological polar surface area (TPSA) is 50.9 Å². The van der Waals surface area contributed by atoms with Crippen molar-refractivity contribution in [2.75, 3.05) is 0 Å². The first-order chi connectivity index (χ1) is 35.1. The summed E-state index contributed by atoms with van der Waals surface area (Å²) >= 11 is 0. The third-order valence-corrected chi connectivity index (χ3v) is 12.1. The Kier molecular flexibility index (Phi) is 9.60. The van der Waals surface area contributed by atoms with Crippen LogP contribution >= 0.6 is 0 Å². The molecule has 334 valence electrons. The Morgan fingerprint density at radius 3 is 2.06 bits per heavy atom. The number of phenolic OH excluding ortho intramolecular Hbond substituents is 1. The summed E-state index contributed by atoms with van der Waals surface area (Å²) in [6.45, 7) is 4.12. The molecule has 2 aromatic heterocycles. The van der Waals surface area contributed by atoms with Gasteiger partial charge in [0.05, 0.1) is 16.6 Å².